The van der Waals surface area contributed by atoms with Crippen LogP contribution in [0.4, 0.5) is 5.69 Å². The minimum atomic E-state index is 0.0349. The average molecular weight is 288 g/mol. The minimum Gasteiger partial charge on any atom is -0.494 e. The Balaban J connectivity index is 1.40. The van der Waals surface area contributed by atoms with Gasteiger partial charge in [-0.15, -0.1) is 0 Å². The highest BCUT2D eigenvalue weighted by Gasteiger charge is 2.46. The molecular weight excluding hydrogens is 264 g/mol. The zero-order valence-electron chi connectivity index (χ0n) is 12.9. The van der Waals surface area contributed by atoms with Gasteiger partial charge in [-0.25, -0.2) is 0 Å². The van der Waals surface area contributed by atoms with Crippen LogP contribution in [0.2, 0.25) is 0 Å². The Morgan fingerprint density at radius 1 is 1.38 bits per heavy atom. The first-order chi connectivity index (χ1) is 10.1. The fourth-order valence-electron chi connectivity index (χ4n) is 3.17. The van der Waals surface area contributed by atoms with Crippen molar-refractivity contribution < 1.29 is 9.53 Å². The van der Waals surface area contributed by atoms with Crippen molar-refractivity contribution in [1.29, 1.82) is 0 Å². The van der Waals surface area contributed by atoms with Crippen molar-refractivity contribution in [3.8, 4) is 5.75 Å². The third kappa shape index (κ3) is 3.38. The number of ether oxygens (including phenoxy) is 1. The van der Waals surface area contributed by atoms with E-state index >= 15 is 0 Å². The van der Waals surface area contributed by atoms with E-state index < -0.39 is 0 Å². The molecule has 4 heteroatoms. The van der Waals surface area contributed by atoms with Crippen LogP contribution in [-0.2, 0) is 4.79 Å². The van der Waals surface area contributed by atoms with E-state index in [1.807, 2.05) is 24.3 Å². The summed E-state index contributed by atoms with van der Waals surface area (Å²) in [7, 11) is 1.78. The topological polar surface area (TPSA) is 32.8 Å². The molecule has 1 saturated carbocycles. The van der Waals surface area contributed by atoms with Crippen molar-refractivity contribution in [2.24, 2.45) is 5.92 Å². The van der Waals surface area contributed by atoms with Crippen LogP contribution < -0.4 is 9.64 Å². The molecule has 4 nitrogen and oxygen atoms in total. The zero-order chi connectivity index (χ0) is 14.8. The number of carbonyl (C=O) groups excluding carboxylic acids is 1. The smallest absolute Gasteiger partial charge is 0.223 e. The first-order valence-corrected chi connectivity index (χ1v) is 7.86. The number of likely N-dealkylation sites (tertiary alicyclic amines) is 1. The van der Waals surface area contributed by atoms with Crippen LogP contribution in [0.15, 0.2) is 24.3 Å². The highest BCUT2D eigenvalue weighted by atomic mass is 16.5. The maximum atomic E-state index is 11.3. The van der Waals surface area contributed by atoms with Crippen molar-refractivity contribution >= 4 is 11.6 Å². The van der Waals surface area contributed by atoms with E-state index in [9.17, 15) is 4.79 Å². The van der Waals surface area contributed by atoms with Gasteiger partial charge in [-0.3, -0.25) is 9.69 Å². The average Bonchev–Trinajstić information content (AvgIpc) is 3.17. The lowest BCUT2D eigenvalue weighted by Gasteiger charge is -2.18. The number of piperidine rings is 1. The molecule has 2 fully saturated rings. The van der Waals surface area contributed by atoms with Crippen LogP contribution in [-0.4, -0.2) is 43.6 Å². The van der Waals surface area contributed by atoms with Gasteiger partial charge in [-0.05, 0) is 56.0 Å². The molecule has 2 unspecified atom stereocenters. The van der Waals surface area contributed by atoms with Gasteiger partial charge in [0.15, 0.2) is 0 Å². The number of amides is 1. The molecule has 1 aromatic carbocycles. The molecule has 1 aliphatic carbocycles. The van der Waals surface area contributed by atoms with E-state index in [4.69, 9.17) is 4.74 Å². The summed E-state index contributed by atoms with van der Waals surface area (Å²) >= 11 is 0. The summed E-state index contributed by atoms with van der Waals surface area (Å²) in [4.78, 5) is 15.5. The highest BCUT2D eigenvalue weighted by molar-refractivity contribution is 5.90. The standard InChI is InChI=1S/C17H24N2O2/c1-13(20)18(2)15-4-6-16(7-5-15)21-11-3-9-19-10-8-14-12-17(14)19/h4-7,14,17H,3,8-12H2,1-2H3. The number of anilines is 1. The fraction of sp³-hybridized carbons (Fsp3) is 0.588. The number of hydrogen-bond acceptors (Lipinski definition) is 3. The second-order valence-corrected chi connectivity index (χ2v) is 6.16. The predicted molar refractivity (Wildman–Crippen MR) is 83.7 cm³/mol. The van der Waals surface area contributed by atoms with Crippen LogP contribution in [0.5, 0.6) is 5.75 Å². The van der Waals surface area contributed by atoms with Gasteiger partial charge in [0, 0.05) is 32.2 Å². The fourth-order valence-corrected chi connectivity index (χ4v) is 3.17. The minimum absolute atomic E-state index is 0.0349. The highest BCUT2D eigenvalue weighted by Crippen LogP contribution is 2.44. The number of carbonyl (C=O) groups is 1. The van der Waals surface area contributed by atoms with Crippen LogP contribution in [0.25, 0.3) is 0 Å². The molecule has 1 heterocycles. The molecule has 1 aliphatic heterocycles. The monoisotopic (exact) mass is 288 g/mol. The van der Waals surface area contributed by atoms with Gasteiger partial charge >= 0.3 is 0 Å². The summed E-state index contributed by atoms with van der Waals surface area (Å²) in [5.41, 5.74) is 0.895. The Labute approximate surface area is 126 Å². The van der Waals surface area contributed by atoms with Gasteiger partial charge in [0.2, 0.25) is 5.91 Å². The summed E-state index contributed by atoms with van der Waals surface area (Å²) in [5, 5.41) is 0. The largest absolute Gasteiger partial charge is 0.494 e. The SMILES string of the molecule is CC(=O)N(C)c1ccc(OCCCN2CCC3CC32)cc1. The third-order valence-corrected chi connectivity index (χ3v) is 4.70. The molecule has 1 aromatic rings. The van der Waals surface area contributed by atoms with Gasteiger partial charge in [0.25, 0.3) is 0 Å². The second kappa shape index (κ2) is 6.06. The maximum absolute atomic E-state index is 11.3. The first kappa shape index (κ1) is 14.4. The molecule has 1 amide bonds. The summed E-state index contributed by atoms with van der Waals surface area (Å²) in [6, 6.07) is 8.60. The molecule has 0 radical (unpaired) electrons. The van der Waals surface area contributed by atoms with Gasteiger partial charge in [-0.1, -0.05) is 0 Å². The van der Waals surface area contributed by atoms with Gasteiger partial charge in [0.1, 0.15) is 5.75 Å². The molecule has 2 aliphatic rings. The normalized spacial score (nSPS) is 23.7. The Bertz CT molecular complexity index is 500. The molecule has 0 spiro atoms. The Morgan fingerprint density at radius 2 is 2.14 bits per heavy atom. The van der Waals surface area contributed by atoms with Crippen molar-refractivity contribution in [1.82, 2.24) is 4.90 Å². The number of rotatable bonds is 6. The van der Waals surface area contributed by atoms with Crippen LogP contribution in [0.1, 0.15) is 26.2 Å². The van der Waals surface area contributed by atoms with E-state index in [0.717, 1.165) is 43.0 Å². The first-order valence-electron chi connectivity index (χ1n) is 7.86. The number of benzene rings is 1. The van der Waals surface area contributed by atoms with Crippen molar-refractivity contribution in [3.05, 3.63) is 24.3 Å². The van der Waals surface area contributed by atoms with Crippen LogP contribution in [0, 0.1) is 5.92 Å². The summed E-state index contributed by atoms with van der Waals surface area (Å²) in [6.07, 6.45) is 3.90. The summed E-state index contributed by atoms with van der Waals surface area (Å²) in [5.74, 6) is 1.92. The molecule has 2 atom stereocenters. The van der Waals surface area contributed by atoms with Crippen molar-refractivity contribution in [3.63, 3.8) is 0 Å². The summed E-state index contributed by atoms with van der Waals surface area (Å²) < 4.78 is 5.78. The van der Waals surface area contributed by atoms with Crippen molar-refractivity contribution in [2.75, 3.05) is 31.6 Å². The molecular formula is C17H24N2O2. The molecule has 21 heavy (non-hydrogen) atoms. The predicted octanol–water partition coefficient (Wildman–Crippen LogP) is 2.53. The van der Waals surface area contributed by atoms with Crippen LogP contribution in [0.3, 0.4) is 0 Å². The van der Waals surface area contributed by atoms with E-state index in [0.29, 0.717) is 0 Å². The van der Waals surface area contributed by atoms with E-state index in [2.05, 4.69) is 4.90 Å². The van der Waals surface area contributed by atoms with E-state index in [1.165, 1.54) is 19.4 Å². The van der Waals surface area contributed by atoms with Crippen LogP contribution >= 0.6 is 0 Å². The summed E-state index contributed by atoms with van der Waals surface area (Å²) in [6.45, 7) is 4.76. The molecule has 0 bridgehead atoms. The van der Waals surface area contributed by atoms with E-state index in [1.54, 1.807) is 18.9 Å². The number of hydrogen-bond donors (Lipinski definition) is 0. The van der Waals surface area contributed by atoms with E-state index in [-0.39, 0.29) is 5.91 Å². The third-order valence-electron chi connectivity index (χ3n) is 4.70. The van der Waals surface area contributed by atoms with Gasteiger partial charge < -0.3 is 9.64 Å². The molecule has 3 rings (SSSR count). The number of nitrogens with zero attached hydrogens (tertiary/aromatic N) is 2. The lowest BCUT2D eigenvalue weighted by Crippen LogP contribution is -2.25. The maximum Gasteiger partial charge on any atom is 0.223 e. The lowest BCUT2D eigenvalue weighted by atomic mass is 10.3. The Morgan fingerprint density at radius 3 is 2.71 bits per heavy atom. The zero-order valence-corrected chi connectivity index (χ0v) is 12.9. The molecule has 0 N–H and O–H groups in total. The van der Waals surface area contributed by atoms with Crippen molar-refractivity contribution in [2.45, 2.75) is 32.2 Å². The number of fused-ring (bicyclic) bond motifs is 1. The lowest BCUT2D eigenvalue weighted by molar-refractivity contribution is -0.116. The molecule has 0 aromatic heterocycles. The van der Waals surface area contributed by atoms with Gasteiger partial charge in [-0.2, -0.15) is 0 Å². The Hall–Kier alpha value is -1.55. The molecule has 1 saturated heterocycles. The Kier molecular flexibility index (Phi) is 4.15. The van der Waals surface area contributed by atoms with Gasteiger partial charge in [0.05, 0.1) is 6.61 Å². The second-order valence-electron chi connectivity index (χ2n) is 6.16. The molecule has 114 valence electrons. The quantitative estimate of drug-likeness (QED) is 0.754.